The number of nitrogens with zero attached hydrogens (tertiary/aromatic N) is 4. The first kappa shape index (κ1) is 21.7. The number of piperidine rings is 1. The van der Waals surface area contributed by atoms with Crippen molar-refractivity contribution in [1.29, 1.82) is 5.26 Å². The van der Waals surface area contributed by atoms with Crippen molar-refractivity contribution in [3.8, 4) is 6.07 Å². The lowest BCUT2D eigenvalue weighted by atomic mass is 9.86. The topological polar surface area (TPSA) is 81.5 Å². The molecule has 0 bridgehead atoms. The maximum atomic E-state index is 12.9. The Balaban J connectivity index is 1.09. The minimum absolute atomic E-state index is 0.0955. The molecule has 0 radical (unpaired) electrons. The Bertz CT molecular complexity index is 1030. The summed E-state index contributed by atoms with van der Waals surface area (Å²) < 4.78 is 5.40. The van der Waals surface area contributed by atoms with Crippen molar-refractivity contribution in [3.63, 3.8) is 0 Å². The second kappa shape index (κ2) is 8.68. The summed E-state index contributed by atoms with van der Waals surface area (Å²) in [5, 5.41) is 12.8. The van der Waals surface area contributed by atoms with E-state index in [1.165, 1.54) is 0 Å². The number of carbonyl (C=O) groups excluding carboxylic acids is 1. The minimum atomic E-state index is -0.546. The minimum Gasteiger partial charge on any atom is -0.383 e. The van der Waals surface area contributed by atoms with Crippen LogP contribution in [0, 0.1) is 29.1 Å². The first-order valence-electron chi connectivity index (χ1n) is 11.8. The molecule has 2 atom stereocenters. The van der Waals surface area contributed by atoms with Crippen LogP contribution in [0.1, 0.15) is 29.8 Å². The number of nitriles is 1. The van der Waals surface area contributed by atoms with Crippen LogP contribution in [0.2, 0.25) is 0 Å². The van der Waals surface area contributed by atoms with Gasteiger partial charge in [0.25, 0.3) is 5.91 Å². The molecular formula is C26H31N5O2. The number of amides is 1. The van der Waals surface area contributed by atoms with Gasteiger partial charge in [0.1, 0.15) is 5.82 Å². The van der Waals surface area contributed by atoms with E-state index >= 15 is 0 Å². The Labute approximate surface area is 195 Å². The van der Waals surface area contributed by atoms with E-state index in [0.717, 1.165) is 63.0 Å². The summed E-state index contributed by atoms with van der Waals surface area (Å²) >= 11 is 0. The lowest BCUT2D eigenvalue weighted by Gasteiger charge is -2.27. The molecule has 1 aromatic heterocycles. The Kier molecular flexibility index (Phi) is 5.71. The Hall–Kier alpha value is -3.11. The van der Waals surface area contributed by atoms with E-state index in [9.17, 15) is 10.1 Å². The van der Waals surface area contributed by atoms with Gasteiger partial charge in [-0.2, -0.15) is 5.26 Å². The number of ether oxygens (including phenoxy) is 1. The van der Waals surface area contributed by atoms with Gasteiger partial charge in [0, 0.05) is 38.3 Å². The Morgan fingerprint density at radius 2 is 1.85 bits per heavy atom. The zero-order valence-electron chi connectivity index (χ0n) is 19.3. The van der Waals surface area contributed by atoms with Crippen LogP contribution < -0.4 is 10.2 Å². The highest BCUT2D eigenvalue weighted by Crippen LogP contribution is 2.51. The number of hydrogen-bond acceptors (Lipinski definition) is 6. The second-order valence-electron chi connectivity index (χ2n) is 9.90. The van der Waals surface area contributed by atoms with Crippen LogP contribution in [-0.2, 0) is 10.2 Å². The van der Waals surface area contributed by atoms with Crippen molar-refractivity contribution in [2.24, 2.45) is 17.8 Å². The van der Waals surface area contributed by atoms with E-state index in [-0.39, 0.29) is 5.91 Å². The SMILES string of the molecule is CC(C)(C#N)c1ccc(C(=O)N2CC3C(CNc4ccc(N5CCOCC5)nc4)C3C2)cc1. The smallest absolute Gasteiger partial charge is 0.253 e. The second-order valence-corrected chi connectivity index (χ2v) is 9.90. The van der Waals surface area contributed by atoms with Crippen molar-refractivity contribution in [2.75, 3.05) is 56.2 Å². The third-order valence-corrected chi connectivity index (χ3v) is 7.42. The fraction of sp³-hybridized carbons (Fsp3) is 0.500. The highest BCUT2D eigenvalue weighted by atomic mass is 16.5. The number of aromatic nitrogens is 1. The molecular weight excluding hydrogens is 414 g/mol. The van der Waals surface area contributed by atoms with Gasteiger partial charge < -0.3 is 19.9 Å². The zero-order valence-corrected chi connectivity index (χ0v) is 19.3. The highest BCUT2D eigenvalue weighted by Gasteiger charge is 2.56. The molecule has 3 heterocycles. The monoisotopic (exact) mass is 445 g/mol. The molecule has 1 N–H and O–H groups in total. The molecule has 2 aliphatic heterocycles. The largest absolute Gasteiger partial charge is 0.383 e. The van der Waals surface area contributed by atoms with Crippen molar-refractivity contribution < 1.29 is 9.53 Å². The van der Waals surface area contributed by atoms with E-state index in [2.05, 4.69) is 33.4 Å². The van der Waals surface area contributed by atoms with Gasteiger partial charge >= 0.3 is 0 Å². The number of pyridine rings is 1. The van der Waals surface area contributed by atoms with Crippen LogP contribution in [0.4, 0.5) is 11.5 Å². The van der Waals surface area contributed by atoms with Crippen molar-refractivity contribution >= 4 is 17.4 Å². The molecule has 3 aliphatic rings. The standard InChI is InChI=1S/C26H31N5O2/c1-26(2,17-27)19-5-3-18(4-6-19)25(32)31-15-22-21(23(22)16-31)14-28-20-7-8-24(29-13-20)30-9-11-33-12-10-30/h3-8,13,21-23,28H,9-12,14-16H2,1-2H3. The number of rotatable bonds is 6. The third-order valence-electron chi connectivity index (χ3n) is 7.42. The highest BCUT2D eigenvalue weighted by molar-refractivity contribution is 5.94. The van der Waals surface area contributed by atoms with Crippen molar-refractivity contribution in [3.05, 3.63) is 53.7 Å². The van der Waals surface area contributed by atoms with Crippen LogP contribution in [0.3, 0.4) is 0 Å². The molecule has 2 saturated heterocycles. The molecule has 7 heteroatoms. The van der Waals surface area contributed by atoms with Gasteiger partial charge in [0.05, 0.1) is 36.6 Å². The molecule has 33 heavy (non-hydrogen) atoms. The number of fused-ring (bicyclic) bond motifs is 1. The zero-order chi connectivity index (χ0) is 23.0. The summed E-state index contributed by atoms with van der Waals surface area (Å²) in [6.07, 6.45) is 1.91. The predicted molar refractivity (Wildman–Crippen MR) is 127 cm³/mol. The quantitative estimate of drug-likeness (QED) is 0.736. The predicted octanol–water partition coefficient (Wildman–Crippen LogP) is 3.15. The van der Waals surface area contributed by atoms with Gasteiger partial charge in [-0.15, -0.1) is 0 Å². The molecule has 172 valence electrons. The fourth-order valence-corrected chi connectivity index (χ4v) is 5.10. The van der Waals surface area contributed by atoms with Crippen LogP contribution in [0.15, 0.2) is 42.6 Å². The summed E-state index contributed by atoms with van der Waals surface area (Å²) in [5.74, 6) is 2.88. The van der Waals surface area contributed by atoms with E-state index < -0.39 is 5.41 Å². The van der Waals surface area contributed by atoms with Gasteiger partial charge in [-0.3, -0.25) is 4.79 Å². The Morgan fingerprint density at radius 1 is 1.15 bits per heavy atom. The van der Waals surface area contributed by atoms with E-state index in [4.69, 9.17) is 4.74 Å². The summed E-state index contributed by atoms with van der Waals surface area (Å²) in [4.78, 5) is 21.8. The summed E-state index contributed by atoms with van der Waals surface area (Å²) in [7, 11) is 0. The number of hydrogen-bond donors (Lipinski definition) is 1. The average molecular weight is 446 g/mol. The molecule has 3 fully saturated rings. The van der Waals surface area contributed by atoms with Crippen LogP contribution in [0.5, 0.6) is 0 Å². The van der Waals surface area contributed by atoms with Crippen LogP contribution in [-0.4, -0.2) is 61.7 Å². The van der Waals surface area contributed by atoms with Crippen LogP contribution in [0.25, 0.3) is 0 Å². The molecule has 7 nitrogen and oxygen atoms in total. The Morgan fingerprint density at radius 3 is 2.45 bits per heavy atom. The molecule has 1 amide bonds. The third kappa shape index (κ3) is 4.40. The van der Waals surface area contributed by atoms with Crippen molar-refractivity contribution in [1.82, 2.24) is 9.88 Å². The average Bonchev–Trinajstić information content (AvgIpc) is 3.31. The number of anilines is 2. The number of carbonyl (C=O) groups is 1. The summed E-state index contributed by atoms with van der Waals surface area (Å²) in [6, 6.07) is 14.0. The van der Waals surface area contributed by atoms with E-state index in [1.807, 2.05) is 49.2 Å². The summed E-state index contributed by atoms with van der Waals surface area (Å²) in [5.41, 5.74) is 2.14. The van der Waals surface area contributed by atoms with Gasteiger partial charge in [0.15, 0.2) is 0 Å². The fourth-order valence-electron chi connectivity index (χ4n) is 5.10. The number of likely N-dealkylation sites (tertiary alicyclic amines) is 1. The number of morpholine rings is 1. The molecule has 2 unspecified atom stereocenters. The maximum absolute atomic E-state index is 12.9. The maximum Gasteiger partial charge on any atom is 0.253 e. The molecule has 1 saturated carbocycles. The molecule has 0 spiro atoms. The number of benzene rings is 1. The van der Waals surface area contributed by atoms with Gasteiger partial charge in [-0.25, -0.2) is 4.98 Å². The molecule has 2 aromatic rings. The van der Waals surface area contributed by atoms with Gasteiger partial charge in [-0.05, 0) is 61.4 Å². The summed E-state index contributed by atoms with van der Waals surface area (Å²) in [6.45, 7) is 9.66. The lowest BCUT2D eigenvalue weighted by Crippen LogP contribution is -2.36. The van der Waals surface area contributed by atoms with Gasteiger partial charge in [-0.1, -0.05) is 12.1 Å². The van der Waals surface area contributed by atoms with Gasteiger partial charge in [0.2, 0.25) is 0 Å². The van der Waals surface area contributed by atoms with Crippen molar-refractivity contribution in [2.45, 2.75) is 19.3 Å². The first-order valence-corrected chi connectivity index (χ1v) is 11.8. The lowest BCUT2D eigenvalue weighted by molar-refractivity contribution is 0.0768. The van der Waals surface area contributed by atoms with Crippen LogP contribution >= 0.6 is 0 Å². The molecule has 5 rings (SSSR count). The molecule has 1 aliphatic carbocycles. The molecule has 1 aromatic carbocycles. The van der Waals surface area contributed by atoms with E-state index in [1.54, 1.807) is 0 Å². The first-order chi connectivity index (χ1) is 16.0. The number of nitrogens with one attached hydrogen (secondary N) is 1. The normalized spacial score (nSPS) is 24.2. The van der Waals surface area contributed by atoms with E-state index in [0.29, 0.717) is 23.3 Å².